The molecule has 3 rings (SSSR count). The molecule has 3 aromatic rings. The van der Waals surface area contributed by atoms with Gasteiger partial charge in [-0.15, -0.1) is 0 Å². The number of halogens is 2. The van der Waals surface area contributed by atoms with Crippen LogP contribution in [-0.2, 0) is 26.2 Å². The van der Waals surface area contributed by atoms with Crippen LogP contribution in [0, 0.1) is 0 Å². The van der Waals surface area contributed by atoms with E-state index in [1.54, 1.807) is 62.4 Å². The van der Waals surface area contributed by atoms with Gasteiger partial charge >= 0.3 is 0 Å². The summed E-state index contributed by atoms with van der Waals surface area (Å²) in [5, 5.41) is 3.72. The normalized spacial score (nSPS) is 11.9. The SMILES string of the molecule is CCCNC(=O)C(C)N(Cc1ccc(Cl)cc1)C(=O)CN(c1ccccc1OCC)S(=O)(=O)c1ccc(Cl)cc1. The third kappa shape index (κ3) is 7.90. The second kappa shape index (κ2) is 14.4. The van der Waals surface area contributed by atoms with Crippen LogP contribution in [0.15, 0.2) is 77.7 Å². The standard InChI is InChI=1S/C29H33Cl2N3O5S/c1-4-18-32-29(36)21(3)33(19-22-10-12-23(30)13-11-22)28(35)20-34(26-8-6-7-9-27(26)39-5-2)40(37,38)25-16-14-24(31)15-17-25/h6-17,21H,4-5,18-20H2,1-3H3,(H,32,36). The number of ether oxygens (including phenoxy) is 1. The van der Waals surface area contributed by atoms with Crippen molar-refractivity contribution >= 4 is 50.7 Å². The van der Waals surface area contributed by atoms with Gasteiger partial charge in [0, 0.05) is 23.1 Å². The van der Waals surface area contributed by atoms with Gasteiger partial charge in [-0.3, -0.25) is 13.9 Å². The Balaban J connectivity index is 2.06. The molecule has 8 nitrogen and oxygen atoms in total. The van der Waals surface area contributed by atoms with Crippen molar-refractivity contribution in [2.24, 2.45) is 0 Å². The predicted molar refractivity (Wildman–Crippen MR) is 158 cm³/mol. The van der Waals surface area contributed by atoms with Gasteiger partial charge in [0.25, 0.3) is 10.0 Å². The van der Waals surface area contributed by atoms with E-state index in [2.05, 4.69) is 5.32 Å². The van der Waals surface area contributed by atoms with Gasteiger partial charge in [-0.2, -0.15) is 0 Å². The molecule has 0 heterocycles. The van der Waals surface area contributed by atoms with E-state index in [-0.39, 0.29) is 29.6 Å². The second-order valence-corrected chi connectivity index (χ2v) is 11.7. The molecule has 1 N–H and O–H groups in total. The average Bonchev–Trinajstić information content (AvgIpc) is 2.94. The summed E-state index contributed by atoms with van der Waals surface area (Å²) in [5.41, 5.74) is 0.928. The monoisotopic (exact) mass is 605 g/mol. The highest BCUT2D eigenvalue weighted by molar-refractivity contribution is 7.92. The van der Waals surface area contributed by atoms with Crippen molar-refractivity contribution in [3.05, 3.63) is 88.4 Å². The van der Waals surface area contributed by atoms with E-state index in [1.165, 1.54) is 29.2 Å². The average molecular weight is 607 g/mol. The fraction of sp³-hybridized carbons (Fsp3) is 0.310. The molecule has 11 heteroatoms. The third-order valence-corrected chi connectivity index (χ3v) is 8.37. The summed E-state index contributed by atoms with van der Waals surface area (Å²) in [7, 11) is -4.25. The maximum absolute atomic E-state index is 14.0. The lowest BCUT2D eigenvalue weighted by Crippen LogP contribution is -2.51. The van der Waals surface area contributed by atoms with Crippen LogP contribution < -0.4 is 14.4 Å². The topological polar surface area (TPSA) is 96.0 Å². The quantitative estimate of drug-likeness (QED) is 0.276. The van der Waals surface area contributed by atoms with E-state index in [0.29, 0.717) is 22.3 Å². The molecule has 0 aliphatic heterocycles. The molecular formula is C29H33Cl2N3O5S. The molecule has 1 atom stereocenters. The number of anilines is 1. The maximum atomic E-state index is 14.0. The van der Waals surface area contributed by atoms with Crippen molar-refractivity contribution in [1.82, 2.24) is 10.2 Å². The Morgan fingerprint density at radius 3 is 2.12 bits per heavy atom. The minimum atomic E-state index is -4.25. The Labute approximate surface area is 245 Å². The number of para-hydroxylation sites is 2. The molecule has 0 spiro atoms. The highest BCUT2D eigenvalue weighted by Gasteiger charge is 2.33. The maximum Gasteiger partial charge on any atom is 0.264 e. The number of nitrogens with one attached hydrogen (secondary N) is 1. The Kier molecular flexibility index (Phi) is 11.2. The van der Waals surface area contributed by atoms with Gasteiger partial charge in [0.15, 0.2) is 0 Å². The first kappa shape index (κ1) is 31.3. The summed E-state index contributed by atoms with van der Waals surface area (Å²) >= 11 is 12.0. The van der Waals surface area contributed by atoms with Crippen LogP contribution in [0.2, 0.25) is 10.0 Å². The fourth-order valence-electron chi connectivity index (χ4n) is 3.95. The van der Waals surface area contributed by atoms with Gasteiger partial charge < -0.3 is 15.0 Å². The van der Waals surface area contributed by atoms with Crippen LogP contribution in [0.1, 0.15) is 32.8 Å². The van der Waals surface area contributed by atoms with Gasteiger partial charge in [-0.05, 0) is 74.4 Å². The van der Waals surface area contributed by atoms with Crippen molar-refractivity contribution in [1.29, 1.82) is 0 Å². The number of nitrogens with zero attached hydrogens (tertiary/aromatic N) is 2. The summed E-state index contributed by atoms with van der Waals surface area (Å²) in [4.78, 5) is 28.2. The van der Waals surface area contributed by atoms with Crippen LogP contribution in [0.4, 0.5) is 5.69 Å². The van der Waals surface area contributed by atoms with Gasteiger partial charge in [0.2, 0.25) is 11.8 Å². The number of carbonyl (C=O) groups excluding carboxylic acids is 2. The number of hydrogen-bond acceptors (Lipinski definition) is 5. The lowest BCUT2D eigenvalue weighted by atomic mass is 10.1. The molecule has 214 valence electrons. The zero-order valence-electron chi connectivity index (χ0n) is 22.6. The van der Waals surface area contributed by atoms with E-state index in [9.17, 15) is 18.0 Å². The smallest absolute Gasteiger partial charge is 0.264 e. The Bertz CT molecular complexity index is 1400. The van der Waals surface area contributed by atoms with Crippen LogP contribution in [-0.4, -0.2) is 50.9 Å². The van der Waals surface area contributed by atoms with Crippen molar-refractivity contribution in [3.63, 3.8) is 0 Å². The molecule has 0 aliphatic rings. The first-order valence-corrected chi connectivity index (χ1v) is 15.1. The Hall–Kier alpha value is -3.27. The van der Waals surface area contributed by atoms with Gasteiger partial charge in [-0.1, -0.05) is 54.4 Å². The van der Waals surface area contributed by atoms with E-state index in [4.69, 9.17) is 27.9 Å². The molecular weight excluding hydrogens is 573 g/mol. The summed E-state index contributed by atoms with van der Waals surface area (Å²) in [6.45, 7) is 5.56. The molecule has 0 aromatic heterocycles. The summed E-state index contributed by atoms with van der Waals surface area (Å²) in [6.07, 6.45) is 0.727. The first-order chi connectivity index (χ1) is 19.1. The minimum absolute atomic E-state index is 0.0472. The molecule has 0 aliphatic carbocycles. The van der Waals surface area contributed by atoms with Crippen LogP contribution in [0.3, 0.4) is 0 Å². The van der Waals surface area contributed by atoms with Gasteiger partial charge in [0.1, 0.15) is 18.3 Å². The van der Waals surface area contributed by atoms with Crippen LogP contribution in [0.25, 0.3) is 0 Å². The minimum Gasteiger partial charge on any atom is -0.492 e. The molecule has 2 amide bonds. The lowest BCUT2D eigenvalue weighted by molar-refractivity contribution is -0.139. The number of carbonyl (C=O) groups is 2. The predicted octanol–water partition coefficient (Wildman–Crippen LogP) is 5.53. The molecule has 0 bridgehead atoms. The zero-order chi connectivity index (χ0) is 29.3. The molecule has 3 aromatic carbocycles. The number of hydrogen-bond donors (Lipinski definition) is 1. The second-order valence-electron chi connectivity index (χ2n) is 8.98. The van der Waals surface area contributed by atoms with E-state index in [0.717, 1.165) is 16.3 Å². The molecule has 0 fully saturated rings. The van der Waals surface area contributed by atoms with Crippen molar-refractivity contribution in [2.75, 3.05) is 24.0 Å². The fourth-order valence-corrected chi connectivity index (χ4v) is 5.63. The summed E-state index contributed by atoms with van der Waals surface area (Å²) in [6, 6.07) is 18.3. The van der Waals surface area contributed by atoms with E-state index < -0.39 is 28.5 Å². The highest BCUT2D eigenvalue weighted by atomic mass is 35.5. The molecule has 40 heavy (non-hydrogen) atoms. The van der Waals surface area contributed by atoms with Crippen molar-refractivity contribution < 1.29 is 22.7 Å². The largest absolute Gasteiger partial charge is 0.492 e. The Morgan fingerprint density at radius 2 is 1.52 bits per heavy atom. The van der Waals surface area contributed by atoms with Crippen molar-refractivity contribution in [3.8, 4) is 5.75 Å². The van der Waals surface area contributed by atoms with Gasteiger partial charge in [-0.25, -0.2) is 8.42 Å². The van der Waals surface area contributed by atoms with Crippen LogP contribution >= 0.6 is 23.2 Å². The van der Waals surface area contributed by atoms with Gasteiger partial charge in [0.05, 0.1) is 17.2 Å². The highest BCUT2D eigenvalue weighted by Crippen LogP contribution is 2.33. The number of amides is 2. The van der Waals surface area contributed by atoms with E-state index >= 15 is 0 Å². The van der Waals surface area contributed by atoms with Crippen molar-refractivity contribution in [2.45, 2.75) is 44.7 Å². The molecule has 0 radical (unpaired) electrons. The number of sulfonamides is 1. The summed E-state index contributed by atoms with van der Waals surface area (Å²) < 4.78 is 34.7. The lowest BCUT2D eigenvalue weighted by Gasteiger charge is -2.32. The van der Waals surface area contributed by atoms with Crippen LogP contribution in [0.5, 0.6) is 5.75 Å². The molecule has 0 saturated carbocycles. The summed E-state index contributed by atoms with van der Waals surface area (Å²) in [5.74, 6) is -0.614. The Morgan fingerprint density at radius 1 is 0.925 bits per heavy atom. The van der Waals surface area contributed by atoms with E-state index in [1.807, 2.05) is 6.92 Å². The molecule has 1 unspecified atom stereocenters. The number of rotatable bonds is 13. The third-order valence-electron chi connectivity index (χ3n) is 6.10. The zero-order valence-corrected chi connectivity index (χ0v) is 25.0. The molecule has 0 saturated heterocycles. The number of benzene rings is 3. The first-order valence-electron chi connectivity index (χ1n) is 12.9.